The first-order valence-corrected chi connectivity index (χ1v) is 6.76. The van der Waals surface area contributed by atoms with Gasteiger partial charge in [-0.25, -0.2) is 0 Å². The Labute approximate surface area is 97.2 Å². The van der Waals surface area contributed by atoms with E-state index < -0.39 is 0 Å². The molecule has 0 heteroatoms. The van der Waals surface area contributed by atoms with Gasteiger partial charge in [-0.15, -0.1) is 0 Å². The predicted molar refractivity (Wildman–Crippen MR) is 71.1 cm³/mol. The lowest BCUT2D eigenvalue weighted by Gasteiger charge is -2.19. The Bertz CT molecular complexity index is 155. The zero-order valence-corrected chi connectivity index (χ0v) is 11.4. The molecule has 0 aromatic heterocycles. The van der Waals surface area contributed by atoms with E-state index in [1.165, 1.54) is 32.1 Å². The number of allylic oxidation sites excluding steroid dienone is 2. The van der Waals surface area contributed by atoms with Crippen molar-refractivity contribution in [3.63, 3.8) is 0 Å². The molecule has 0 aliphatic heterocycles. The van der Waals surface area contributed by atoms with Crippen molar-refractivity contribution < 1.29 is 0 Å². The third kappa shape index (κ3) is 8.72. The van der Waals surface area contributed by atoms with Crippen LogP contribution in [-0.4, -0.2) is 0 Å². The molecule has 0 heterocycles. The summed E-state index contributed by atoms with van der Waals surface area (Å²) in [6.07, 6.45) is 11.4. The third-order valence-electron chi connectivity index (χ3n) is 2.90. The maximum atomic E-state index is 2.45. The van der Waals surface area contributed by atoms with Crippen molar-refractivity contribution in [1.82, 2.24) is 0 Å². The van der Waals surface area contributed by atoms with Crippen LogP contribution in [0.3, 0.4) is 0 Å². The molecule has 0 aromatic carbocycles. The van der Waals surface area contributed by atoms with Crippen LogP contribution in [0, 0.1) is 17.8 Å². The summed E-state index contributed by atoms with van der Waals surface area (Å²) in [6.45, 7) is 11.6. The Morgan fingerprint density at radius 3 is 2.13 bits per heavy atom. The molecule has 2 atom stereocenters. The lowest BCUT2D eigenvalue weighted by molar-refractivity contribution is 0.369. The van der Waals surface area contributed by atoms with Crippen molar-refractivity contribution in [2.75, 3.05) is 0 Å². The maximum absolute atomic E-state index is 2.45. The summed E-state index contributed by atoms with van der Waals surface area (Å²) < 4.78 is 0. The Balaban J connectivity index is 4.04. The van der Waals surface area contributed by atoms with Gasteiger partial charge in [0.2, 0.25) is 0 Å². The third-order valence-corrected chi connectivity index (χ3v) is 2.90. The van der Waals surface area contributed by atoms with Gasteiger partial charge in [0.05, 0.1) is 0 Å². The summed E-state index contributed by atoms with van der Waals surface area (Å²) in [4.78, 5) is 0. The lowest BCUT2D eigenvalue weighted by Crippen LogP contribution is -2.07. The van der Waals surface area contributed by atoms with E-state index in [9.17, 15) is 0 Å². The van der Waals surface area contributed by atoms with E-state index >= 15 is 0 Å². The van der Waals surface area contributed by atoms with E-state index in [1.54, 1.807) is 0 Å². The van der Waals surface area contributed by atoms with Crippen molar-refractivity contribution in [2.24, 2.45) is 17.8 Å². The van der Waals surface area contributed by atoms with Crippen molar-refractivity contribution in [3.05, 3.63) is 12.2 Å². The summed E-state index contributed by atoms with van der Waals surface area (Å²) in [6, 6.07) is 0. The van der Waals surface area contributed by atoms with E-state index in [1.807, 2.05) is 0 Å². The monoisotopic (exact) mass is 210 g/mol. The van der Waals surface area contributed by atoms with E-state index in [2.05, 4.69) is 46.8 Å². The van der Waals surface area contributed by atoms with Gasteiger partial charge in [-0.2, -0.15) is 0 Å². The predicted octanol–water partition coefficient (Wildman–Crippen LogP) is 5.44. The highest BCUT2D eigenvalue weighted by molar-refractivity contribution is 4.88. The average molecular weight is 210 g/mol. The van der Waals surface area contributed by atoms with Gasteiger partial charge in [-0.1, -0.05) is 59.6 Å². The summed E-state index contributed by atoms with van der Waals surface area (Å²) in [7, 11) is 0. The van der Waals surface area contributed by atoms with Crippen LogP contribution in [0.1, 0.15) is 66.7 Å². The Morgan fingerprint density at radius 1 is 1.00 bits per heavy atom. The summed E-state index contributed by atoms with van der Waals surface area (Å²) in [5, 5.41) is 0. The molecular formula is C15H30. The molecule has 15 heavy (non-hydrogen) atoms. The van der Waals surface area contributed by atoms with Crippen LogP contribution in [0.15, 0.2) is 12.2 Å². The van der Waals surface area contributed by atoms with Crippen LogP contribution < -0.4 is 0 Å². The molecule has 0 saturated heterocycles. The molecule has 0 rings (SSSR count). The fourth-order valence-electron chi connectivity index (χ4n) is 2.31. The molecule has 0 aliphatic carbocycles. The van der Waals surface area contributed by atoms with Crippen LogP contribution in [0.25, 0.3) is 0 Å². The minimum Gasteiger partial charge on any atom is -0.0885 e. The van der Waals surface area contributed by atoms with Gasteiger partial charge in [0.15, 0.2) is 0 Å². The summed E-state index contributed by atoms with van der Waals surface area (Å²) in [5.74, 6) is 2.53. The van der Waals surface area contributed by atoms with Gasteiger partial charge >= 0.3 is 0 Å². The summed E-state index contributed by atoms with van der Waals surface area (Å²) >= 11 is 0. The van der Waals surface area contributed by atoms with E-state index in [0.717, 1.165) is 17.8 Å². The highest BCUT2D eigenvalue weighted by atomic mass is 14.2. The lowest BCUT2D eigenvalue weighted by atomic mass is 9.86. The number of rotatable bonds is 8. The van der Waals surface area contributed by atoms with Crippen LogP contribution in [-0.2, 0) is 0 Å². The van der Waals surface area contributed by atoms with Crippen molar-refractivity contribution in [1.29, 1.82) is 0 Å². The molecule has 0 saturated carbocycles. The topological polar surface area (TPSA) is 0 Å². The van der Waals surface area contributed by atoms with E-state index in [0.29, 0.717) is 0 Å². The minimum atomic E-state index is 0.812. The van der Waals surface area contributed by atoms with Gasteiger partial charge in [0.1, 0.15) is 0 Å². The van der Waals surface area contributed by atoms with Crippen molar-refractivity contribution >= 4 is 0 Å². The highest BCUT2D eigenvalue weighted by Crippen LogP contribution is 2.24. The molecule has 0 fully saturated rings. The quantitative estimate of drug-likeness (QED) is 0.468. The standard InChI is InChI=1S/C15H30/c1-6-8-10-15(11-13(3)4)12-14(5)9-7-2/h8,10,13-15H,6-7,9,11-12H2,1-5H3. The molecule has 0 nitrogen and oxygen atoms in total. The van der Waals surface area contributed by atoms with E-state index in [4.69, 9.17) is 0 Å². The average Bonchev–Trinajstić information content (AvgIpc) is 2.13. The Hall–Kier alpha value is -0.260. The van der Waals surface area contributed by atoms with E-state index in [-0.39, 0.29) is 0 Å². The summed E-state index contributed by atoms with van der Waals surface area (Å²) in [5.41, 5.74) is 0. The Morgan fingerprint density at radius 2 is 1.67 bits per heavy atom. The zero-order chi connectivity index (χ0) is 11.7. The smallest absolute Gasteiger partial charge is 0.0229 e. The molecular weight excluding hydrogens is 180 g/mol. The molecule has 0 aliphatic rings. The van der Waals surface area contributed by atoms with Gasteiger partial charge < -0.3 is 0 Å². The van der Waals surface area contributed by atoms with Crippen LogP contribution in [0.5, 0.6) is 0 Å². The maximum Gasteiger partial charge on any atom is -0.0229 e. The van der Waals surface area contributed by atoms with Gasteiger partial charge in [-0.3, -0.25) is 0 Å². The first-order valence-electron chi connectivity index (χ1n) is 6.76. The molecule has 90 valence electrons. The minimum absolute atomic E-state index is 0.812. The SMILES string of the molecule is CCC=CC(CC(C)C)CC(C)CCC. The fourth-order valence-corrected chi connectivity index (χ4v) is 2.31. The molecule has 0 aromatic rings. The highest BCUT2D eigenvalue weighted by Gasteiger charge is 2.11. The van der Waals surface area contributed by atoms with Crippen molar-refractivity contribution in [2.45, 2.75) is 66.7 Å². The largest absolute Gasteiger partial charge is 0.0885 e. The van der Waals surface area contributed by atoms with Gasteiger partial charge in [0.25, 0.3) is 0 Å². The van der Waals surface area contributed by atoms with Crippen LogP contribution in [0.4, 0.5) is 0 Å². The number of hydrogen-bond donors (Lipinski definition) is 0. The molecule has 0 bridgehead atoms. The van der Waals surface area contributed by atoms with Crippen molar-refractivity contribution in [3.8, 4) is 0 Å². The second kappa shape index (κ2) is 9.00. The first-order chi connectivity index (χ1) is 7.10. The molecule has 2 unspecified atom stereocenters. The Kier molecular flexibility index (Phi) is 8.85. The first kappa shape index (κ1) is 14.7. The number of hydrogen-bond acceptors (Lipinski definition) is 0. The molecule has 0 spiro atoms. The molecule has 0 radical (unpaired) electrons. The second-order valence-electron chi connectivity index (χ2n) is 5.36. The van der Waals surface area contributed by atoms with Gasteiger partial charge in [-0.05, 0) is 37.0 Å². The fraction of sp³-hybridized carbons (Fsp3) is 0.867. The molecule has 0 N–H and O–H groups in total. The zero-order valence-electron chi connectivity index (χ0n) is 11.4. The second-order valence-corrected chi connectivity index (χ2v) is 5.36. The van der Waals surface area contributed by atoms with Crippen LogP contribution >= 0.6 is 0 Å². The molecule has 0 amide bonds. The van der Waals surface area contributed by atoms with Gasteiger partial charge in [0, 0.05) is 0 Å². The van der Waals surface area contributed by atoms with Crippen LogP contribution in [0.2, 0.25) is 0 Å². The normalized spacial score (nSPS) is 16.1.